The Morgan fingerprint density at radius 2 is 1.78 bits per heavy atom. The molecule has 9 heteroatoms. The van der Waals surface area contributed by atoms with Gasteiger partial charge in [0.25, 0.3) is 5.91 Å². The van der Waals surface area contributed by atoms with E-state index in [-0.39, 0.29) is 20.6 Å². The van der Waals surface area contributed by atoms with E-state index in [4.69, 9.17) is 39.5 Å². The lowest BCUT2D eigenvalue weighted by molar-refractivity contribution is -0.123. The average molecular weight is 382 g/mol. The van der Waals surface area contributed by atoms with Crippen LogP contribution in [0.25, 0.3) is 0 Å². The predicted octanol–water partition coefficient (Wildman–Crippen LogP) is 3.43. The van der Waals surface area contributed by atoms with Crippen LogP contribution in [0.1, 0.15) is 30.1 Å². The number of hydrogen-bond donors (Lipinski definition) is 2. The molecule has 0 saturated heterocycles. The van der Waals surface area contributed by atoms with Gasteiger partial charge in [0.15, 0.2) is 6.61 Å². The third-order valence-electron chi connectivity index (χ3n) is 2.65. The number of benzene rings is 1. The summed E-state index contributed by atoms with van der Waals surface area (Å²) in [4.78, 5) is 34.8. The number of ether oxygens (including phenoxy) is 1. The summed E-state index contributed by atoms with van der Waals surface area (Å²) in [5.74, 6) is -1.69. The number of amides is 3. The maximum absolute atomic E-state index is 11.9. The molecule has 0 radical (unpaired) electrons. The molecule has 3 amide bonds. The van der Waals surface area contributed by atoms with E-state index in [1.165, 1.54) is 12.1 Å². The first-order valence-corrected chi connectivity index (χ1v) is 7.88. The van der Waals surface area contributed by atoms with E-state index in [1.807, 2.05) is 12.2 Å². The molecule has 0 aliphatic rings. The molecule has 1 aromatic carbocycles. The highest BCUT2D eigenvalue weighted by molar-refractivity contribution is 6.46. The van der Waals surface area contributed by atoms with E-state index < -0.39 is 24.5 Å². The van der Waals surface area contributed by atoms with Crippen LogP contribution in [0.15, 0.2) is 12.1 Å². The fourth-order valence-corrected chi connectivity index (χ4v) is 2.19. The van der Waals surface area contributed by atoms with Crippen molar-refractivity contribution in [3.8, 4) is 0 Å². The van der Waals surface area contributed by atoms with Gasteiger partial charge in [0.1, 0.15) is 0 Å². The van der Waals surface area contributed by atoms with Crippen molar-refractivity contribution < 1.29 is 19.1 Å². The zero-order chi connectivity index (χ0) is 17.4. The molecule has 0 bridgehead atoms. The van der Waals surface area contributed by atoms with Gasteiger partial charge in [-0.25, -0.2) is 9.59 Å². The van der Waals surface area contributed by atoms with Crippen LogP contribution in [-0.4, -0.2) is 31.1 Å². The van der Waals surface area contributed by atoms with Crippen LogP contribution in [-0.2, 0) is 9.53 Å². The highest BCUT2D eigenvalue weighted by Crippen LogP contribution is 2.31. The number of imide groups is 1. The van der Waals surface area contributed by atoms with E-state index >= 15 is 0 Å². The first-order chi connectivity index (χ1) is 10.9. The maximum atomic E-state index is 11.9. The minimum Gasteiger partial charge on any atom is -0.452 e. The molecule has 0 fully saturated rings. The normalized spacial score (nSPS) is 10.1. The number of carbonyl (C=O) groups is 3. The Kier molecular flexibility index (Phi) is 8.16. The minimum atomic E-state index is -0.913. The van der Waals surface area contributed by atoms with Gasteiger partial charge in [0.05, 0.1) is 20.6 Å². The van der Waals surface area contributed by atoms with Crippen LogP contribution in [0.2, 0.25) is 15.1 Å². The molecular weight excluding hydrogens is 367 g/mol. The molecule has 2 N–H and O–H groups in total. The van der Waals surface area contributed by atoms with Gasteiger partial charge >= 0.3 is 12.0 Å². The molecule has 0 aliphatic heterocycles. The highest BCUT2D eigenvalue weighted by atomic mass is 35.5. The van der Waals surface area contributed by atoms with Crippen molar-refractivity contribution in [2.75, 3.05) is 13.2 Å². The molecule has 0 spiro atoms. The average Bonchev–Trinajstić information content (AvgIpc) is 2.49. The van der Waals surface area contributed by atoms with E-state index in [1.54, 1.807) is 0 Å². The van der Waals surface area contributed by atoms with Crippen LogP contribution < -0.4 is 10.6 Å². The third kappa shape index (κ3) is 6.25. The van der Waals surface area contributed by atoms with Crippen molar-refractivity contribution in [2.45, 2.75) is 19.8 Å². The van der Waals surface area contributed by atoms with Gasteiger partial charge in [-0.05, 0) is 18.6 Å². The van der Waals surface area contributed by atoms with Crippen LogP contribution in [0, 0.1) is 0 Å². The summed E-state index contributed by atoms with van der Waals surface area (Å²) in [6.07, 6.45) is 1.70. The van der Waals surface area contributed by atoms with Gasteiger partial charge in [-0.2, -0.15) is 0 Å². The Bertz CT molecular complexity index is 608. The lowest BCUT2D eigenvalue weighted by Gasteiger charge is -2.09. The summed E-state index contributed by atoms with van der Waals surface area (Å²) in [7, 11) is 0. The molecule has 0 heterocycles. The van der Waals surface area contributed by atoms with Crippen molar-refractivity contribution in [3.63, 3.8) is 0 Å². The molecule has 0 aliphatic carbocycles. The number of hydrogen-bond acceptors (Lipinski definition) is 4. The number of rotatable bonds is 6. The van der Waals surface area contributed by atoms with E-state index in [9.17, 15) is 14.4 Å². The molecule has 23 heavy (non-hydrogen) atoms. The van der Waals surface area contributed by atoms with Crippen LogP contribution in [0.4, 0.5) is 4.79 Å². The number of nitrogens with one attached hydrogen (secondary N) is 2. The van der Waals surface area contributed by atoms with Crippen LogP contribution >= 0.6 is 34.8 Å². The van der Waals surface area contributed by atoms with Crippen molar-refractivity contribution >= 4 is 52.7 Å². The van der Waals surface area contributed by atoms with Crippen molar-refractivity contribution in [1.82, 2.24) is 10.6 Å². The Balaban J connectivity index is 2.52. The van der Waals surface area contributed by atoms with E-state index in [2.05, 4.69) is 5.32 Å². The Morgan fingerprint density at radius 3 is 2.43 bits per heavy atom. The van der Waals surface area contributed by atoms with Crippen LogP contribution in [0.5, 0.6) is 0 Å². The summed E-state index contributed by atoms with van der Waals surface area (Å²) in [5.41, 5.74) is -0.138. The molecule has 0 saturated carbocycles. The van der Waals surface area contributed by atoms with Gasteiger partial charge in [0.2, 0.25) is 0 Å². The van der Waals surface area contributed by atoms with Crippen molar-refractivity contribution in [2.24, 2.45) is 0 Å². The quantitative estimate of drug-likeness (QED) is 0.449. The first kappa shape index (κ1) is 19.5. The second kappa shape index (κ2) is 9.60. The van der Waals surface area contributed by atoms with E-state index in [0.29, 0.717) is 6.54 Å². The smallest absolute Gasteiger partial charge is 0.341 e. The SMILES string of the molecule is CCCCNC(=O)NC(=O)COC(=O)c1c(Cl)ccc(Cl)c1Cl. The third-order valence-corrected chi connectivity index (χ3v) is 3.77. The van der Waals surface area contributed by atoms with Crippen molar-refractivity contribution in [3.05, 3.63) is 32.8 Å². The van der Waals surface area contributed by atoms with Crippen molar-refractivity contribution in [1.29, 1.82) is 0 Å². The number of esters is 1. The first-order valence-electron chi connectivity index (χ1n) is 6.75. The topological polar surface area (TPSA) is 84.5 Å². The van der Waals surface area contributed by atoms with Gasteiger partial charge in [-0.1, -0.05) is 48.1 Å². The van der Waals surface area contributed by atoms with Gasteiger partial charge in [-0.3, -0.25) is 10.1 Å². The maximum Gasteiger partial charge on any atom is 0.341 e. The predicted molar refractivity (Wildman–Crippen MR) is 88.2 cm³/mol. The molecule has 0 aromatic heterocycles. The number of halogens is 3. The Hall–Kier alpha value is -1.50. The fourth-order valence-electron chi connectivity index (χ4n) is 1.50. The number of carbonyl (C=O) groups excluding carboxylic acids is 3. The lowest BCUT2D eigenvalue weighted by Crippen LogP contribution is -2.41. The largest absolute Gasteiger partial charge is 0.452 e. The zero-order valence-electron chi connectivity index (χ0n) is 12.3. The summed E-state index contributed by atoms with van der Waals surface area (Å²) in [6.45, 7) is 1.76. The van der Waals surface area contributed by atoms with Gasteiger partial charge < -0.3 is 10.1 Å². The number of urea groups is 1. The minimum absolute atomic E-state index is 0.0436. The fraction of sp³-hybridized carbons (Fsp3) is 0.357. The van der Waals surface area contributed by atoms with E-state index in [0.717, 1.165) is 12.8 Å². The standard InChI is InChI=1S/C14H15Cl3N2O4/c1-2-3-6-18-14(22)19-10(20)7-23-13(21)11-8(15)4-5-9(16)12(11)17/h4-5H,2-3,6-7H2,1H3,(H2,18,19,20,22). The molecule has 126 valence electrons. The second-order valence-electron chi connectivity index (χ2n) is 4.45. The van der Waals surface area contributed by atoms with Crippen LogP contribution in [0.3, 0.4) is 0 Å². The summed E-state index contributed by atoms with van der Waals surface area (Å²) in [6, 6.07) is 2.16. The monoisotopic (exact) mass is 380 g/mol. The summed E-state index contributed by atoms with van der Waals surface area (Å²) >= 11 is 17.5. The Labute approximate surface area is 148 Å². The van der Waals surface area contributed by atoms with Gasteiger partial charge in [-0.15, -0.1) is 0 Å². The Morgan fingerprint density at radius 1 is 1.13 bits per heavy atom. The highest BCUT2D eigenvalue weighted by Gasteiger charge is 2.20. The summed E-state index contributed by atoms with van der Waals surface area (Å²) in [5, 5.41) is 4.62. The molecule has 6 nitrogen and oxygen atoms in total. The molecular formula is C14H15Cl3N2O4. The summed E-state index contributed by atoms with van der Waals surface area (Å²) < 4.78 is 4.77. The molecule has 1 aromatic rings. The number of unbranched alkanes of at least 4 members (excludes halogenated alkanes) is 1. The zero-order valence-corrected chi connectivity index (χ0v) is 14.5. The lowest BCUT2D eigenvalue weighted by atomic mass is 10.2. The molecule has 0 atom stereocenters. The molecule has 0 unspecified atom stereocenters. The molecule has 1 rings (SSSR count). The second-order valence-corrected chi connectivity index (χ2v) is 5.64. The van der Waals surface area contributed by atoms with Gasteiger partial charge in [0, 0.05) is 6.54 Å².